The maximum Gasteiger partial charge on any atom is 0.0615 e. The lowest BCUT2D eigenvalue weighted by molar-refractivity contribution is 0.165. The summed E-state index contributed by atoms with van der Waals surface area (Å²) in [6.45, 7) is 6.12. The molecule has 56 valence electrons. The number of hydrogen-bond acceptors (Lipinski definition) is 2. The van der Waals surface area contributed by atoms with Crippen molar-refractivity contribution in [3.8, 4) is 0 Å². The zero-order valence-corrected chi connectivity index (χ0v) is 6.61. The first-order valence-electron chi connectivity index (χ1n) is 3.57. The van der Waals surface area contributed by atoms with Crippen LogP contribution >= 0.6 is 0 Å². The lowest BCUT2D eigenvalue weighted by Gasteiger charge is -2.13. The molecule has 0 aromatic heterocycles. The fourth-order valence-electron chi connectivity index (χ4n) is 0.811. The Morgan fingerprint density at radius 3 is 2.44 bits per heavy atom. The molecule has 0 amide bonds. The second-order valence-corrected chi connectivity index (χ2v) is 2.12. The number of methoxy groups -OCH3 is 1. The van der Waals surface area contributed by atoms with Crippen LogP contribution in [0.5, 0.6) is 0 Å². The first-order chi connectivity index (χ1) is 4.35. The average molecular weight is 131 g/mol. The minimum Gasteiger partial charge on any atom is -0.383 e. The van der Waals surface area contributed by atoms with E-state index in [1.165, 1.54) is 0 Å². The summed E-state index contributed by atoms with van der Waals surface area (Å²) >= 11 is 0. The summed E-state index contributed by atoms with van der Waals surface area (Å²) < 4.78 is 4.98. The smallest absolute Gasteiger partial charge is 0.0615 e. The lowest BCUT2D eigenvalue weighted by Crippen LogP contribution is -2.32. The Balaban J connectivity index is 3.18. The molecule has 1 N–H and O–H groups in total. The van der Waals surface area contributed by atoms with Crippen molar-refractivity contribution in [1.82, 2.24) is 5.32 Å². The molecule has 0 spiro atoms. The minimum absolute atomic E-state index is 0.542. The molecule has 0 fully saturated rings. The Kier molecular flexibility index (Phi) is 5.99. The van der Waals surface area contributed by atoms with Gasteiger partial charge in [0.05, 0.1) is 6.61 Å². The van der Waals surface area contributed by atoms with Gasteiger partial charge in [-0.05, 0) is 13.0 Å². The van der Waals surface area contributed by atoms with Gasteiger partial charge in [0.1, 0.15) is 0 Å². The first-order valence-corrected chi connectivity index (χ1v) is 3.57. The van der Waals surface area contributed by atoms with Crippen LogP contribution in [0.4, 0.5) is 0 Å². The molecule has 0 heterocycles. The molecule has 0 aliphatic carbocycles. The van der Waals surface area contributed by atoms with E-state index in [0.717, 1.165) is 19.6 Å². The molecule has 0 aliphatic heterocycles. The van der Waals surface area contributed by atoms with Crippen LogP contribution in [0.15, 0.2) is 0 Å². The molecule has 2 heteroatoms. The molecule has 0 aromatic rings. The van der Waals surface area contributed by atoms with Gasteiger partial charge in [0.25, 0.3) is 0 Å². The number of ether oxygens (including phenoxy) is 1. The van der Waals surface area contributed by atoms with Gasteiger partial charge in [0.15, 0.2) is 0 Å². The fourth-order valence-corrected chi connectivity index (χ4v) is 0.811. The fraction of sp³-hybridized carbons (Fsp3) is 1.00. The third kappa shape index (κ3) is 4.43. The molecule has 2 nitrogen and oxygen atoms in total. The lowest BCUT2D eigenvalue weighted by atomic mass is 10.2. The van der Waals surface area contributed by atoms with Crippen LogP contribution in [0.25, 0.3) is 0 Å². The van der Waals surface area contributed by atoms with Crippen LogP contribution in [0.2, 0.25) is 0 Å². The van der Waals surface area contributed by atoms with Crippen molar-refractivity contribution in [3.05, 3.63) is 0 Å². The van der Waals surface area contributed by atoms with Gasteiger partial charge < -0.3 is 10.1 Å². The Hall–Kier alpha value is -0.0800. The molecule has 0 saturated heterocycles. The number of nitrogens with one attached hydrogen (secondary N) is 1. The number of hydrogen-bond donors (Lipinski definition) is 1. The monoisotopic (exact) mass is 131 g/mol. The van der Waals surface area contributed by atoms with Gasteiger partial charge in [0, 0.05) is 13.2 Å². The third-order valence-corrected chi connectivity index (χ3v) is 1.35. The van der Waals surface area contributed by atoms with Crippen LogP contribution in [-0.4, -0.2) is 26.3 Å². The van der Waals surface area contributed by atoms with E-state index in [1.54, 1.807) is 7.11 Å². The molecule has 0 saturated carbocycles. The zero-order chi connectivity index (χ0) is 7.11. The third-order valence-electron chi connectivity index (χ3n) is 1.35. The first kappa shape index (κ1) is 8.92. The molecule has 9 heavy (non-hydrogen) atoms. The van der Waals surface area contributed by atoms with E-state index >= 15 is 0 Å². The molecule has 0 rings (SSSR count). The highest BCUT2D eigenvalue weighted by Crippen LogP contribution is 1.89. The summed E-state index contributed by atoms with van der Waals surface area (Å²) in [7, 11) is 1.74. The van der Waals surface area contributed by atoms with Crippen molar-refractivity contribution < 1.29 is 4.74 Å². The van der Waals surface area contributed by atoms with Crippen LogP contribution in [-0.2, 0) is 4.74 Å². The summed E-state index contributed by atoms with van der Waals surface area (Å²) in [4.78, 5) is 0. The molecule has 0 bridgehead atoms. The van der Waals surface area contributed by atoms with Crippen molar-refractivity contribution in [3.63, 3.8) is 0 Å². The van der Waals surface area contributed by atoms with Gasteiger partial charge in [0.2, 0.25) is 0 Å². The normalized spacial score (nSPS) is 13.7. The highest BCUT2D eigenvalue weighted by molar-refractivity contribution is 4.60. The Morgan fingerprint density at radius 2 is 2.11 bits per heavy atom. The van der Waals surface area contributed by atoms with Crippen LogP contribution < -0.4 is 5.32 Å². The Bertz CT molecular complexity index is 50.9. The minimum atomic E-state index is 0.542. The molecular weight excluding hydrogens is 114 g/mol. The highest BCUT2D eigenvalue weighted by Gasteiger charge is 2.00. The van der Waals surface area contributed by atoms with Gasteiger partial charge >= 0.3 is 0 Å². The number of rotatable bonds is 5. The average Bonchev–Trinajstić information content (AvgIpc) is 1.88. The highest BCUT2D eigenvalue weighted by atomic mass is 16.5. The van der Waals surface area contributed by atoms with Gasteiger partial charge in [-0.25, -0.2) is 0 Å². The van der Waals surface area contributed by atoms with Crippen molar-refractivity contribution in [2.75, 3.05) is 20.3 Å². The standard InChI is InChI=1S/C7H17NO/c1-4-7(6-9-3)8-5-2/h7-8H,4-6H2,1-3H3. The summed E-state index contributed by atoms with van der Waals surface area (Å²) in [6, 6.07) is 0.542. The van der Waals surface area contributed by atoms with E-state index in [-0.39, 0.29) is 0 Å². The second kappa shape index (κ2) is 6.05. The van der Waals surface area contributed by atoms with Crippen molar-refractivity contribution in [1.29, 1.82) is 0 Å². The van der Waals surface area contributed by atoms with Crippen LogP contribution in [0.1, 0.15) is 20.3 Å². The maximum absolute atomic E-state index is 4.98. The SMILES string of the molecule is CCNC(CC)COC. The van der Waals surface area contributed by atoms with Gasteiger partial charge in [-0.3, -0.25) is 0 Å². The summed E-state index contributed by atoms with van der Waals surface area (Å²) in [5.41, 5.74) is 0. The predicted octanol–water partition coefficient (Wildman–Crippen LogP) is 1.02. The second-order valence-electron chi connectivity index (χ2n) is 2.12. The molecule has 0 radical (unpaired) electrons. The van der Waals surface area contributed by atoms with Gasteiger partial charge in [-0.1, -0.05) is 13.8 Å². The molecule has 0 aromatic carbocycles. The quantitative estimate of drug-likeness (QED) is 0.601. The largest absolute Gasteiger partial charge is 0.383 e. The van der Waals surface area contributed by atoms with Crippen molar-refractivity contribution in [2.24, 2.45) is 0 Å². The summed E-state index contributed by atoms with van der Waals surface area (Å²) in [6.07, 6.45) is 1.14. The van der Waals surface area contributed by atoms with Crippen LogP contribution in [0, 0.1) is 0 Å². The van der Waals surface area contributed by atoms with E-state index in [4.69, 9.17) is 4.74 Å². The Labute approximate surface area is 57.6 Å². The van der Waals surface area contributed by atoms with Gasteiger partial charge in [-0.15, -0.1) is 0 Å². The van der Waals surface area contributed by atoms with E-state index in [9.17, 15) is 0 Å². The molecular formula is C7H17NO. The zero-order valence-electron chi connectivity index (χ0n) is 6.61. The maximum atomic E-state index is 4.98. The van der Waals surface area contributed by atoms with Crippen LogP contribution in [0.3, 0.4) is 0 Å². The summed E-state index contributed by atoms with van der Waals surface area (Å²) in [5.74, 6) is 0. The van der Waals surface area contributed by atoms with Gasteiger partial charge in [-0.2, -0.15) is 0 Å². The van der Waals surface area contributed by atoms with E-state index in [0.29, 0.717) is 6.04 Å². The van der Waals surface area contributed by atoms with E-state index in [1.807, 2.05) is 0 Å². The van der Waals surface area contributed by atoms with Crippen molar-refractivity contribution in [2.45, 2.75) is 26.3 Å². The topological polar surface area (TPSA) is 21.3 Å². The van der Waals surface area contributed by atoms with E-state index in [2.05, 4.69) is 19.2 Å². The summed E-state index contributed by atoms with van der Waals surface area (Å²) in [5, 5.41) is 3.31. The predicted molar refractivity (Wildman–Crippen MR) is 39.6 cm³/mol. The van der Waals surface area contributed by atoms with Crippen molar-refractivity contribution >= 4 is 0 Å². The molecule has 1 atom stereocenters. The Morgan fingerprint density at radius 1 is 1.44 bits per heavy atom. The van der Waals surface area contributed by atoms with E-state index < -0.39 is 0 Å². The number of likely N-dealkylation sites (N-methyl/N-ethyl adjacent to an activating group) is 1. The molecule has 1 unspecified atom stereocenters. The molecule has 0 aliphatic rings.